The molecule has 0 aliphatic heterocycles. The summed E-state index contributed by atoms with van der Waals surface area (Å²) in [4.78, 5) is 34.2. The van der Waals surface area contributed by atoms with Crippen molar-refractivity contribution >= 4 is 39.2 Å². The number of hydrogen-bond acceptors (Lipinski definition) is 5. The van der Waals surface area contributed by atoms with Crippen LogP contribution in [0.4, 0.5) is 13.2 Å². The molecule has 0 bridgehead atoms. The Bertz CT molecular complexity index is 1190. The highest BCUT2D eigenvalue weighted by Gasteiger charge is 2.29. The van der Waals surface area contributed by atoms with Gasteiger partial charge in [-0.2, -0.15) is 24.9 Å². The fourth-order valence-electron chi connectivity index (χ4n) is 3.91. The second kappa shape index (κ2) is 10.3. The average Bonchev–Trinajstić information content (AvgIpc) is 3.15. The highest BCUT2D eigenvalue weighted by molar-refractivity contribution is 7.98. The van der Waals surface area contributed by atoms with Crippen LogP contribution in [0.15, 0.2) is 29.1 Å². The molecule has 33 heavy (non-hydrogen) atoms. The molecule has 0 radical (unpaired) electrons. The summed E-state index contributed by atoms with van der Waals surface area (Å²) >= 11 is 3.15. The maximum atomic E-state index is 12.6. The van der Waals surface area contributed by atoms with Crippen LogP contribution in [-0.4, -0.2) is 28.2 Å². The van der Waals surface area contributed by atoms with Crippen LogP contribution >= 0.6 is 23.1 Å². The van der Waals surface area contributed by atoms with Crippen LogP contribution in [-0.2, 0) is 36.0 Å². The molecule has 10 heteroatoms. The number of H-pyrrole nitrogens is 1. The molecule has 2 aromatic heterocycles. The highest BCUT2D eigenvalue weighted by Crippen LogP contribution is 2.33. The molecule has 3 aromatic rings. The monoisotopic (exact) mass is 495 g/mol. The number of carbonyl (C=O) groups is 1. The Kier molecular flexibility index (Phi) is 7.43. The average molecular weight is 496 g/mol. The number of halogens is 3. The van der Waals surface area contributed by atoms with Gasteiger partial charge in [-0.1, -0.05) is 12.1 Å². The number of aromatic amines is 1. The van der Waals surface area contributed by atoms with Crippen LogP contribution < -0.4 is 10.9 Å². The number of nitrogens with one attached hydrogen (secondary N) is 2. The van der Waals surface area contributed by atoms with Gasteiger partial charge in [-0.05, 0) is 55.4 Å². The van der Waals surface area contributed by atoms with Gasteiger partial charge in [0.1, 0.15) is 10.7 Å². The number of fused-ring (bicyclic) bond motifs is 3. The van der Waals surface area contributed by atoms with Crippen LogP contribution in [0.3, 0.4) is 0 Å². The summed E-state index contributed by atoms with van der Waals surface area (Å²) in [7, 11) is 0. The zero-order valence-corrected chi connectivity index (χ0v) is 19.5. The lowest BCUT2D eigenvalue weighted by atomic mass is 9.97. The molecule has 0 unspecified atom stereocenters. The third kappa shape index (κ3) is 5.97. The van der Waals surface area contributed by atoms with Gasteiger partial charge in [-0.15, -0.1) is 11.3 Å². The smallest absolute Gasteiger partial charge is 0.356 e. The van der Waals surface area contributed by atoms with Crippen LogP contribution in [0.5, 0.6) is 0 Å². The van der Waals surface area contributed by atoms with Gasteiger partial charge in [0.2, 0.25) is 5.91 Å². The molecule has 0 saturated carbocycles. The second-order valence-electron chi connectivity index (χ2n) is 8.00. The van der Waals surface area contributed by atoms with Gasteiger partial charge in [-0.3, -0.25) is 9.59 Å². The van der Waals surface area contributed by atoms with Crippen molar-refractivity contribution in [1.29, 1.82) is 0 Å². The van der Waals surface area contributed by atoms with Crippen molar-refractivity contribution < 1.29 is 18.0 Å². The quantitative estimate of drug-likeness (QED) is 0.438. The molecule has 2 heterocycles. The Morgan fingerprint density at radius 2 is 1.94 bits per heavy atom. The third-order valence-corrected chi connectivity index (χ3v) is 7.76. The number of aryl methyl sites for hydroxylation is 2. The summed E-state index contributed by atoms with van der Waals surface area (Å²) in [6.45, 7) is 0.365. The van der Waals surface area contributed by atoms with Crippen molar-refractivity contribution in [2.75, 3.05) is 12.3 Å². The number of thiophene rings is 1. The Balaban J connectivity index is 1.19. The lowest BCUT2D eigenvalue weighted by Crippen LogP contribution is -2.26. The van der Waals surface area contributed by atoms with E-state index in [2.05, 4.69) is 15.3 Å². The molecular formula is C23H24F3N3O2S2. The maximum Gasteiger partial charge on any atom is 0.416 e. The molecule has 0 atom stereocenters. The number of alkyl halides is 3. The number of aromatic nitrogens is 2. The lowest BCUT2D eigenvalue weighted by Gasteiger charge is -2.09. The van der Waals surface area contributed by atoms with Crippen molar-refractivity contribution in [3.05, 3.63) is 62.0 Å². The minimum atomic E-state index is -4.35. The van der Waals surface area contributed by atoms with E-state index < -0.39 is 11.7 Å². The van der Waals surface area contributed by atoms with E-state index >= 15 is 0 Å². The zero-order chi connectivity index (χ0) is 23.4. The van der Waals surface area contributed by atoms with E-state index in [9.17, 15) is 22.8 Å². The van der Waals surface area contributed by atoms with Crippen molar-refractivity contribution in [3.8, 4) is 0 Å². The summed E-state index contributed by atoms with van der Waals surface area (Å²) in [6, 6.07) is 4.96. The van der Waals surface area contributed by atoms with Gasteiger partial charge >= 0.3 is 6.18 Å². The Hall–Kier alpha value is -2.33. The fraction of sp³-hybridized carbons (Fsp3) is 0.435. The first-order valence-corrected chi connectivity index (χ1v) is 12.8. The van der Waals surface area contributed by atoms with Crippen molar-refractivity contribution in [3.63, 3.8) is 0 Å². The molecule has 0 spiro atoms. The first kappa shape index (κ1) is 23.8. The van der Waals surface area contributed by atoms with Crippen LogP contribution in [0.25, 0.3) is 10.2 Å². The largest absolute Gasteiger partial charge is 0.416 e. The molecule has 5 nitrogen and oxygen atoms in total. The van der Waals surface area contributed by atoms with Gasteiger partial charge in [0.05, 0.1) is 16.7 Å². The number of nitrogens with zero attached hydrogens (tertiary/aromatic N) is 1. The van der Waals surface area contributed by atoms with Gasteiger partial charge in [0, 0.05) is 23.6 Å². The minimum Gasteiger partial charge on any atom is -0.356 e. The molecule has 2 N–H and O–H groups in total. The van der Waals surface area contributed by atoms with Crippen molar-refractivity contribution in [2.45, 2.75) is 50.5 Å². The van der Waals surface area contributed by atoms with Gasteiger partial charge in [0.25, 0.3) is 5.56 Å². The van der Waals surface area contributed by atoms with Crippen molar-refractivity contribution in [2.24, 2.45) is 0 Å². The third-order valence-electron chi connectivity index (χ3n) is 5.60. The Morgan fingerprint density at radius 1 is 1.18 bits per heavy atom. The van der Waals surface area contributed by atoms with Crippen molar-refractivity contribution in [1.82, 2.24) is 15.3 Å². The number of hydrogen-bond donors (Lipinski definition) is 2. The minimum absolute atomic E-state index is 0.0731. The molecular weight excluding hydrogens is 471 g/mol. The van der Waals surface area contributed by atoms with E-state index in [4.69, 9.17) is 0 Å². The van der Waals surface area contributed by atoms with E-state index in [-0.39, 0.29) is 11.5 Å². The molecule has 176 valence electrons. The maximum absolute atomic E-state index is 12.6. The normalized spacial score (nSPS) is 13.8. The number of benzene rings is 1. The molecule has 1 amide bonds. The molecule has 4 rings (SSSR count). The molecule has 1 aromatic carbocycles. The molecule has 0 fully saturated rings. The van der Waals surface area contributed by atoms with Crippen LogP contribution in [0.1, 0.15) is 46.7 Å². The standard InChI is InChI=1S/C23H24F3N3O2S2/c24-23(25,26)15-7-5-14(6-8-15)9-11-27-19(30)10-12-32-13-18-28-21(31)20-16-3-1-2-4-17(16)33-22(20)29-18/h5-8H,1-4,9-13H2,(H,27,30)(H,28,29,31). The predicted octanol–water partition coefficient (Wildman–Crippen LogP) is 4.86. The SMILES string of the molecule is O=C(CCSCc1nc2sc3c(c2c(=O)[nH]1)CCCC3)NCCc1ccc(C(F)(F)F)cc1. The van der Waals surface area contributed by atoms with E-state index in [0.717, 1.165) is 53.6 Å². The number of carbonyl (C=O) groups excluding carboxylic acids is 1. The summed E-state index contributed by atoms with van der Waals surface area (Å²) in [5, 5.41) is 3.54. The van der Waals surface area contributed by atoms with Gasteiger partial charge in [-0.25, -0.2) is 4.98 Å². The Morgan fingerprint density at radius 3 is 2.70 bits per heavy atom. The highest BCUT2D eigenvalue weighted by atomic mass is 32.2. The lowest BCUT2D eigenvalue weighted by molar-refractivity contribution is -0.137. The van der Waals surface area contributed by atoms with E-state index in [1.165, 1.54) is 34.3 Å². The number of rotatable bonds is 8. The zero-order valence-electron chi connectivity index (χ0n) is 17.9. The fourth-order valence-corrected chi connectivity index (χ4v) is 5.99. The van der Waals surface area contributed by atoms with E-state index in [0.29, 0.717) is 36.7 Å². The van der Waals surface area contributed by atoms with E-state index in [1.54, 1.807) is 11.3 Å². The Labute approximate surface area is 197 Å². The topological polar surface area (TPSA) is 74.8 Å². The predicted molar refractivity (Wildman–Crippen MR) is 126 cm³/mol. The number of amides is 1. The summed E-state index contributed by atoms with van der Waals surface area (Å²) in [5.74, 6) is 1.61. The summed E-state index contributed by atoms with van der Waals surface area (Å²) in [6.07, 6.45) is 0.678. The van der Waals surface area contributed by atoms with E-state index in [1.807, 2.05) is 0 Å². The second-order valence-corrected chi connectivity index (χ2v) is 10.2. The molecule has 0 saturated heterocycles. The summed E-state index contributed by atoms with van der Waals surface area (Å²) in [5.41, 5.74) is 1.15. The first-order valence-electron chi connectivity index (χ1n) is 10.9. The van der Waals surface area contributed by atoms with Gasteiger partial charge in [0.15, 0.2) is 0 Å². The van der Waals surface area contributed by atoms with Gasteiger partial charge < -0.3 is 10.3 Å². The first-order chi connectivity index (χ1) is 15.8. The molecule has 1 aliphatic rings. The summed E-state index contributed by atoms with van der Waals surface area (Å²) < 4.78 is 37.8. The molecule has 1 aliphatic carbocycles. The van der Waals surface area contributed by atoms with Crippen LogP contribution in [0, 0.1) is 0 Å². The number of thioether (sulfide) groups is 1. The van der Waals surface area contributed by atoms with Crippen LogP contribution in [0.2, 0.25) is 0 Å².